The number of carbonyl (C=O) groups excluding carboxylic acids is 1. The van der Waals surface area contributed by atoms with Gasteiger partial charge in [-0.15, -0.1) is 11.3 Å². The molecule has 3 aromatic heterocycles. The van der Waals surface area contributed by atoms with Crippen LogP contribution in [0.1, 0.15) is 16.9 Å². The number of carbonyl (C=O) groups is 1. The maximum Gasteiger partial charge on any atom is 0.276 e. The molecule has 0 radical (unpaired) electrons. The van der Waals surface area contributed by atoms with Crippen molar-refractivity contribution in [2.24, 2.45) is 0 Å². The molecule has 0 bridgehead atoms. The number of amides is 1. The van der Waals surface area contributed by atoms with Crippen LogP contribution in [0.2, 0.25) is 0 Å². The zero-order valence-electron chi connectivity index (χ0n) is 16.0. The molecule has 0 saturated heterocycles. The second-order valence-electron chi connectivity index (χ2n) is 6.60. The number of benzene rings is 1. The first-order chi connectivity index (χ1) is 14.0. The van der Waals surface area contributed by atoms with Crippen LogP contribution in [0.5, 0.6) is 0 Å². The largest absolute Gasteiger partial charge is 0.467 e. The van der Waals surface area contributed by atoms with Gasteiger partial charge in [-0.2, -0.15) is 0 Å². The molecule has 4 aromatic rings. The Morgan fingerprint density at radius 3 is 2.93 bits per heavy atom. The van der Waals surface area contributed by atoms with Gasteiger partial charge in [0.15, 0.2) is 5.16 Å². The molecular formula is C21H19N3O3S2. The van der Waals surface area contributed by atoms with Crippen LogP contribution in [0.3, 0.4) is 0 Å². The number of hydrogen-bond acceptors (Lipinski definition) is 6. The van der Waals surface area contributed by atoms with Crippen molar-refractivity contribution < 1.29 is 9.21 Å². The van der Waals surface area contributed by atoms with E-state index < -0.39 is 0 Å². The van der Waals surface area contributed by atoms with E-state index in [2.05, 4.69) is 10.3 Å². The zero-order chi connectivity index (χ0) is 20.4. The highest BCUT2D eigenvalue weighted by atomic mass is 32.2. The molecule has 3 heterocycles. The predicted molar refractivity (Wildman–Crippen MR) is 116 cm³/mol. The molecule has 0 aliphatic carbocycles. The van der Waals surface area contributed by atoms with Gasteiger partial charge in [0.1, 0.15) is 10.5 Å². The first-order valence-corrected chi connectivity index (χ1v) is 10.9. The van der Waals surface area contributed by atoms with E-state index in [-0.39, 0.29) is 17.2 Å². The molecule has 6 nitrogen and oxygen atoms in total. The summed E-state index contributed by atoms with van der Waals surface area (Å²) >= 11 is 2.63. The van der Waals surface area contributed by atoms with Crippen LogP contribution in [0.4, 0.5) is 0 Å². The molecule has 29 heavy (non-hydrogen) atoms. The molecule has 1 amide bonds. The van der Waals surface area contributed by atoms with Gasteiger partial charge in [0.25, 0.3) is 5.56 Å². The highest BCUT2D eigenvalue weighted by Gasteiger charge is 2.17. The molecule has 0 aliphatic heterocycles. The highest BCUT2D eigenvalue weighted by Crippen LogP contribution is 2.25. The standard InChI is InChI=1S/C21H19N3O3S2/c1-13-5-6-14(2)17(10-13)24-20(26)19-16(7-9-28-19)23-21(24)29-12-18(25)22-11-15-4-3-8-27-15/h3-10H,11-12H2,1-2H3,(H,22,25). The molecule has 0 fully saturated rings. The SMILES string of the molecule is Cc1ccc(C)c(-n2c(SCC(=O)NCc3ccco3)nc3ccsc3c2=O)c1. The monoisotopic (exact) mass is 425 g/mol. The fourth-order valence-electron chi connectivity index (χ4n) is 2.94. The summed E-state index contributed by atoms with van der Waals surface area (Å²) in [5.41, 5.74) is 3.35. The number of hydrogen-bond donors (Lipinski definition) is 1. The summed E-state index contributed by atoms with van der Waals surface area (Å²) in [6, 6.07) is 11.4. The Bertz CT molecular complexity index is 1230. The van der Waals surface area contributed by atoms with E-state index in [1.54, 1.807) is 23.0 Å². The Kier molecular flexibility index (Phi) is 5.55. The minimum atomic E-state index is -0.154. The van der Waals surface area contributed by atoms with Gasteiger partial charge in [0, 0.05) is 0 Å². The van der Waals surface area contributed by atoms with Crippen LogP contribution < -0.4 is 10.9 Å². The fourth-order valence-corrected chi connectivity index (χ4v) is 4.54. The van der Waals surface area contributed by atoms with E-state index in [4.69, 9.17) is 4.42 Å². The van der Waals surface area contributed by atoms with Gasteiger partial charge < -0.3 is 9.73 Å². The number of aryl methyl sites for hydroxylation is 2. The summed E-state index contributed by atoms with van der Waals surface area (Å²) in [6.07, 6.45) is 1.57. The maximum atomic E-state index is 13.2. The normalized spacial score (nSPS) is 11.1. The Balaban J connectivity index is 1.65. The summed E-state index contributed by atoms with van der Waals surface area (Å²) in [5.74, 6) is 0.681. The maximum absolute atomic E-state index is 13.2. The van der Waals surface area contributed by atoms with Crippen molar-refractivity contribution in [3.63, 3.8) is 0 Å². The summed E-state index contributed by atoms with van der Waals surface area (Å²) in [7, 11) is 0. The van der Waals surface area contributed by atoms with Crippen LogP contribution in [0, 0.1) is 13.8 Å². The minimum absolute atomic E-state index is 0.114. The lowest BCUT2D eigenvalue weighted by molar-refractivity contribution is -0.118. The van der Waals surface area contributed by atoms with E-state index in [1.165, 1.54) is 23.1 Å². The van der Waals surface area contributed by atoms with Crippen LogP contribution in [0.15, 0.2) is 62.4 Å². The second-order valence-corrected chi connectivity index (χ2v) is 8.46. The first-order valence-electron chi connectivity index (χ1n) is 9.02. The van der Waals surface area contributed by atoms with E-state index in [0.29, 0.717) is 27.7 Å². The van der Waals surface area contributed by atoms with Gasteiger partial charge in [-0.05, 0) is 54.6 Å². The number of fused-ring (bicyclic) bond motifs is 1. The number of aromatic nitrogens is 2. The molecule has 8 heteroatoms. The second kappa shape index (κ2) is 8.26. The quantitative estimate of drug-likeness (QED) is 0.372. The average molecular weight is 426 g/mol. The lowest BCUT2D eigenvalue weighted by Gasteiger charge is -2.15. The third kappa shape index (κ3) is 4.13. The van der Waals surface area contributed by atoms with Gasteiger partial charge in [-0.1, -0.05) is 23.9 Å². The van der Waals surface area contributed by atoms with Gasteiger partial charge in [0.05, 0.1) is 29.8 Å². The molecule has 0 saturated carbocycles. The molecule has 4 rings (SSSR count). The summed E-state index contributed by atoms with van der Waals surface area (Å²) in [5, 5.41) is 5.18. The van der Waals surface area contributed by atoms with E-state index >= 15 is 0 Å². The van der Waals surface area contributed by atoms with E-state index in [1.807, 2.05) is 43.5 Å². The van der Waals surface area contributed by atoms with Gasteiger partial charge in [-0.3, -0.25) is 14.2 Å². The van der Waals surface area contributed by atoms with Crippen molar-refractivity contribution in [1.82, 2.24) is 14.9 Å². The Morgan fingerprint density at radius 1 is 1.28 bits per heavy atom. The van der Waals surface area contributed by atoms with Crippen molar-refractivity contribution in [1.29, 1.82) is 0 Å². The Morgan fingerprint density at radius 2 is 2.14 bits per heavy atom. The van der Waals surface area contributed by atoms with Crippen LogP contribution in [-0.4, -0.2) is 21.2 Å². The Labute approximate surface area is 175 Å². The van der Waals surface area contributed by atoms with Crippen molar-refractivity contribution in [3.8, 4) is 5.69 Å². The molecule has 0 unspecified atom stereocenters. The third-order valence-electron chi connectivity index (χ3n) is 4.43. The fraction of sp³-hybridized carbons (Fsp3) is 0.190. The number of thiophene rings is 1. The third-order valence-corrected chi connectivity index (χ3v) is 6.26. The van der Waals surface area contributed by atoms with Crippen molar-refractivity contribution in [2.45, 2.75) is 25.5 Å². The van der Waals surface area contributed by atoms with Crippen LogP contribution in [-0.2, 0) is 11.3 Å². The van der Waals surface area contributed by atoms with Gasteiger partial charge >= 0.3 is 0 Å². The number of rotatable bonds is 6. The topological polar surface area (TPSA) is 77.1 Å². The minimum Gasteiger partial charge on any atom is -0.467 e. The molecule has 148 valence electrons. The molecular weight excluding hydrogens is 406 g/mol. The van der Waals surface area contributed by atoms with Crippen LogP contribution in [0.25, 0.3) is 15.9 Å². The number of thioether (sulfide) groups is 1. The Hall–Kier alpha value is -2.84. The molecule has 0 atom stereocenters. The van der Waals surface area contributed by atoms with Crippen molar-refractivity contribution in [2.75, 3.05) is 5.75 Å². The van der Waals surface area contributed by atoms with E-state index in [0.717, 1.165) is 16.8 Å². The van der Waals surface area contributed by atoms with Crippen LogP contribution >= 0.6 is 23.1 Å². The first kappa shape index (κ1) is 19.5. The molecule has 0 spiro atoms. The average Bonchev–Trinajstić information content (AvgIpc) is 3.39. The van der Waals surface area contributed by atoms with Crippen molar-refractivity contribution in [3.05, 3.63) is 75.3 Å². The van der Waals surface area contributed by atoms with Gasteiger partial charge in [0.2, 0.25) is 5.91 Å². The highest BCUT2D eigenvalue weighted by molar-refractivity contribution is 7.99. The summed E-state index contributed by atoms with van der Waals surface area (Å²) in [4.78, 5) is 30.2. The summed E-state index contributed by atoms with van der Waals surface area (Å²) in [6.45, 7) is 4.28. The summed E-state index contributed by atoms with van der Waals surface area (Å²) < 4.78 is 7.45. The lowest BCUT2D eigenvalue weighted by atomic mass is 10.1. The van der Waals surface area contributed by atoms with Gasteiger partial charge in [-0.25, -0.2) is 4.98 Å². The molecule has 1 aromatic carbocycles. The zero-order valence-corrected chi connectivity index (χ0v) is 17.6. The molecule has 1 N–H and O–H groups in total. The number of furan rings is 1. The van der Waals surface area contributed by atoms with Crippen molar-refractivity contribution >= 4 is 39.2 Å². The smallest absolute Gasteiger partial charge is 0.276 e. The number of nitrogens with zero attached hydrogens (tertiary/aromatic N) is 2. The number of nitrogens with one attached hydrogen (secondary N) is 1. The predicted octanol–water partition coefficient (Wildman–Crippen LogP) is 4.07. The van der Waals surface area contributed by atoms with E-state index in [9.17, 15) is 9.59 Å². The molecule has 0 aliphatic rings. The lowest BCUT2D eigenvalue weighted by Crippen LogP contribution is -2.26.